The van der Waals surface area contributed by atoms with Crippen LogP contribution in [0, 0.1) is 0 Å². The number of sulfone groups is 1. The number of sulfonamides is 1. The molecule has 0 aliphatic carbocycles. The predicted molar refractivity (Wildman–Crippen MR) is 112 cm³/mol. The molecule has 0 aliphatic heterocycles. The van der Waals surface area contributed by atoms with E-state index >= 15 is 0 Å². The zero-order chi connectivity index (χ0) is 21.2. The minimum atomic E-state index is -3.89. The van der Waals surface area contributed by atoms with Gasteiger partial charge in [0.05, 0.1) is 40.8 Å². The fourth-order valence-electron chi connectivity index (χ4n) is 2.65. The molecule has 1 aromatic heterocycles. The van der Waals surface area contributed by atoms with Crippen LogP contribution in [0.1, 0.15) is 13.3 Å². The van der Waals surface area contributed by atoms with Crippen molar-refractivity contribution in [1.82, 2.24) is 4.98 Å². The van der Waals surface area contributed by atoms with E-state index in [4.69, 9.17) is 9.47 Å². The number of benzene rings is 2. The van der Waals surface area contributed by atoms with E-state index in [1.165, 1.54) is 38.5 Å². The van der Waals surface area contributed by atoms with Gasteiger partial charge in [-0.3, -0.25) is 4.72 Å². The molecule has 29 heavy (non-hydrogen) atoms. The number of ether oxygens (including phenoxy) is 2. The van der Waals surface area contributed by atoms with Crippen molar-refractivity contribution >= 4 is 47.1 Å². The van der Waals surface area contributed by atoms with Crippen molar-refractivity contribution in [1.29, 1.82) is 0 Å². The number of hydrogen-bond acceptors (Lipinski definition) is 8. The first-order valence-corrected chi connectivity index (χ1v) is 12.5. The number of thiazole rings is 1. The molecule has 0 radical (unpaired) electrons. The molecule has 0 aliphatic rings. The summed E-state index contributed by atoms with van der Waals surface area (Å²) >= 11 is 1.02. The molecule has 3 aromatic rings. The Morgan fingerprint density at radius 3 is 2.38 bits per heavy atom. The fourth-order valence-corrected chi connectivity index (χ4v) is 6.43. The average molecular weight is 457 g/mol. The highest BCUT2D eigenvalue weighted by Crippen LogP contribution is 2.32. The molecule has 0 spiro atoms. The van der Waals surface area contributed by atoms with E-state index in [1.54, 1.807) is 19.1 Å². The summed E-state index contributed by atoms with van der Waals surface area (Å²) in [6, 6.07) is 8.97. The zero-order valence-corrected chi connectivity index (χ0v) is 18.4. The van der Waals surface area contributed by atoms with Gasteiger partial charge in [-0.05, 0) is 36.8 Å². The Bertz CT molecular complexity index is 1250. The quantitative estimate of drug-likeness (QED) is 0.553. The lowest BCUT2D eigenvalue weighted by molar-refractivity contribution is 0.354. The number of nitrogens with zero attached hydrogens (tertiary/aromatic N) is 1. The number of aromatic nitrogens is 1. The summed E-state index contributed by atoms with van der Waals surface area (Å²) in [7, 11) is -4.44. The van der Waals surface area contributed by atoms with E-state index in [0.29, 0.717) is 33.8 Å². The second-order valence-electron chi connectivity index (χ2n) is 6.10. The number of rotatable bonds is 8. The van der Waals surface area contributed by atoms with Gasteiger partial charge in [0.1, 0.15) is 0 Å². The van der Waals surface area contributed by atoms with E-state index in [2.05, 4.69) is 9.71 Å². The summed E-state index contributed by atoms with van der Waals surface area (Å²) in [5.41, 5.74) is 0.800. The van der Waals surface area contributed by atoms with Crippen LogP contribution in [0.3, 0.4) is 0 Å². The van der Waals surface area contributed by atoms with Crippen LogP contribution >= 0.6 is 11.3 Å². The zero-order valence-electron chi connectivity index (χ0n) is 16.0. The maximum Gasteiger partial charge on any atom is 0.262 e. The number of nitrogens with one attached hydrogen (secondary N) is 1. The van der Waals surface area contributed by atoms with Crippen molar-refractivity contribution < 1.29 is 26.3 Å². The molecule has 0 bridgehead atoms. The van der Waals surface area contributed by atoms with Gasteiger partial charge >= 0.3 is 0 Å². The van der Waals surface area contributed by atoms with E-state index in [1.807, 2.05) is 0 Å². The average Bonchev–Trinajstić information content (AvgIpc) is 3.11. The Labute approximate surface area is 173 Å². The van der Waals surface area contributed by atoms with Gasteiger partial charge in [0.15, 0.2) is 11.5 Å². The molecule has 2 aromatic carbocycles. The first-order valence-electron chi connectivity index (χ1n) is 8.58. The Morgan fingerprint density at radius 1 is 1.00 bits per heavy atom. The second kappa shape index (κ2) is 8.17. The summed E-state index contributed by atoms with van der Waals surface area (Å²) in [5, 5.41) is 0. The summed E-state index contributed by atoms with van der Waals surface area (Å²) in [6.45, 7) is 1.78. The molecule has 0 atom stereocenters. The SMILES string of the molecule is CCCS(=O)(=O)c1nc2ccc(NS(=O)(=O)c3ccc(OC)c(OC)c3)cc2s1. The highest BCUT2D eigenvalue weighted by molar-refractivity contribution is 7.93. The van der Waals surface area contributed by atoms with Gasteiger partial charge in [-0.15, -0.1) is 11.3 Å². The highest BCUT2D eigenvalue weighted by Gasteiger charge is 2.20. The standard InChI is InChI=1S/C18H20N2O6S3/c1-4-9-28(21,22)18-19-14-7-5-12(10-17(14)27-18)20-29(23,24)13-6-8-15(25-2)16(11-13)26-3/h5-8,10-11,20H,4,9H2,1-3H3. The van der Waals surface area contributed by atoms with E-state index in [0.717, 1.165) is 11.3 Å². The van der Waals surface area contributed by atoms with Crippen LogP contribution < -0.4 is 14.2 Å². The minimum Gasteiger partial charge on any atom is -0.493 e. The fraction of sp³-hybridized carbons (Fsp3) is 0.278. The Kier molecular flexibility index (Phi) is 6.01. The van der Waals surface area contributed by atoms with Gasteiger partial charge < -0.3 is 9.47 Å². The second-order valence-corrected chi connectivity index (χ2v) is 11.1. The number of fused-ring (bicyclic) bond motifs is 1. The lowest BCUT2D eigenvalue weighted by Crippen LogP contribution is -2.13. The van der Waals surface area contributed by atoms with E-state index < -0.39 is 19.9 Å². The Morgan fingerprint density at radius 2 is 1.72 bits per heavy atom. The van der Waals surface area contributed by atoms with Crippen LogP contribution in [-0.4, -0.2) is 41.8 Å². The lowest BCUT2D eigenvalue weighted by atomic mass is 10.3. The lowest BCUT2D eigenvalue weighted by Gasteiger charge is -2.11. The molecule has 11 heteroatoms. The monoisotopic (exact) mass is 456 g/mol. The molecule has 0 saturated heterocycles. The smallest absolute Gasteiger partial charge is 0.262 e. The highest BCUT2D eigenvalue weighted by atomic mass is 32.2. The van der Waals surface area contributed by atoms with Crippen molar-refractivity contribution in [2.75, 3.05) is 24.7 Å². The van der Waals surface area contributed by atoms with Crippen LogP contribution in [0.5, 0.6) is 11.5 Å². The molecule has 0 amide bonds. The third kappa shape index (κ3) is 4.46. The van der Waals surface area contributed by atoms with Gasteiger partial charge in [-0.1, -0.05) is 6.92 Å². The number of anilines is 1. The van der Waals surface area contributed by atoms with Crippen molar-refractivity contribution in [2.24, 2.45) is 0 Å². The van der Waals surface area contributed by atoms with Gasteiger partial charge in [-0.25, -0.2) is 21.8 Å². The number of methoxy groups -OCH3 is 2. The summed E-state index contributed by atoms with van der Waals surface area (Å²) in [6.07, 6.45) is 0.495. The van der Waals surface area contributed by atoms with Gasteiger partial charge in [0.25, 0.3) is 10.0 Å². The van der Waals surface area contributed by atoms with Crippen LogP contribution in [0.15, 0.2) is 45.6 Å². The molecule has 156 valence electrons. The molecule has 8 nitrogen and oxygen atoms in total. The maximum atomic E-state index is 12.7. The molecule has 1 heterocycles. The molecule has 0 unspecified atom stereocenters. The molecule has 3 rings (SSSR count). The maximum absolute atomic E-state index is 12.7. The first kappa shape index (κ1) is 21.3. The van der Waals surface area contributed by atoms with Crippen molar-refractivity contribution in [2.45, 2.75) is 22.6 Å². The van der Waals surface area contributed by atoms with Crippen molar-refractivity contribution in [3.05, 3.63) is 36.4 Å². The summed E-state index contributed by atoms with van der Waals surface area (Å²) < 4.78 is 63.3. The van der Waals surface area contributed by atoms with E-state index in [-0.39, 0.29) is 15.0 Å². The molecular weight excluding hydrogens is 436 g/mol. The predicted octanol–water partition coefficient (Wildman–Crippen LogP) is 3.30. The third-order valence-corrected chi connectivity index (χ3v) is 8.80. The molecule has 0 fully saturated rings. The molecular formula is C18H20N2O6S3. The van der Waals surface area contributed by atoms with E-state index in [9.17, 15) is 16.8 Å². The normalized spacial score (nSPS) is 12.1. The Balaban J connectivity index is 1.93. The minimum absolute atomic E-state index is 0.00534. The summed E-state index contributed by atoms with van der Waals surface area (Å²) in [5.74, 6) is 0.725. The van der Waals surface area contributed by atoms with Crippen molar-refractivity contribution in [3.8, 4) is 11.5 Å². The third-order valence-electron chi connectivity index (χ3n) is 4.03. The topological polar surface area (TPSA) is 112 Å². The van der Waals surface area contributed by atoms with Crippen LogP contribution in [0.2, 0.25) is 0 Å². The van der Waals surface area contributed by atoms with Gasteiger partial charge in [0.2, 0.25) is 14.2 Å². The summed E-state index contributed by atoms with van der Waals surface area (Å²) in [4.78, 5) is 4.17. The van der Waals surface area contributed by atoms with Crippen molar-refractivity contribution in [3.63, 3.8) is 0 Å². The largest absolute Gasteiger partial charge is 0.493 e. The molecule has 1 N–H and O–H groups in total. The van der Waals surface area contributed by atoms with Gasteiger partial charge in [0, 0.05) is 6.07 Å². The molecule has 0 saturated carbocycles. The van der Waals surface area contributed by atoms with Crippen LogP contribution in [0.4, 0.5) is 5.69 Å². The first-order chi connectivity index (χ1) is 13.7. The van der Waals surface area contributed by atoms with Gasteiger partial charge in [-0.2, -0.15) is 0 Å². The van der Waals surface area contributed by atoms with Crippen LogP contribution in [0.25, 0.3) is 10.2 Å². The number of hydrogen-bond donors (Lipinski definition) is 1. The Hall–Kier alpha value is -2.37. The van der Waals surface area contributed by atoms with Crippen LogP contribution in [-0.2, 0) is 19.9 Å².